The summed E-state index contributed by atoms with van der Waals surface area (Å²) < 4.78 is 26.4. The van der Waals surface area contributed by atoms with Crippen LogP contribution in [0, 0.1) is 23.1 Å². The molecule has 0 spiro atoms. The van der Waals surface area contributed by atoms with E-state index in [0.717, 1.165) is 30.4 Å². The van der Waals surface area contributed by atoms with Crippen molar-refractivity contribution in [3.63, 3.8) is 0 Å². The Bertz CT molecular complexity index is 1380. The van der Waals surface area contributed by atoms with Crippen LogP contribution < -0.4 is 5.32 Å². The highest BCUT2D eigenvalue weighted by Crippen LogP contribution is 2.44. The highest BCUT2D eigenvalue weighted by Gasteiger charge is 2.52. The summed E-state index contributed by atoms with van der Waals surface area (Å²) in [6, 6.07) is 10.6. The number of halogens is 1. The van der Waals surface area contributed by atoms with Gasteiger partial charge in [-0.2, -0.15) is 5.26 Å². The van der Waals surface area contributed by atoms with E-state index >= 15 is 4.39 Å². The first-order chi connectivity index (χ1) is 18.8. The number of nitrogens with one attached hydrogen (secondary N) is 1. The van der Waals surface area contributed by atoms with Crippen molar-refractivity contribution in [3.05, 3.63) is 58.9 Å². The van der Waals surface area contributed by atoms with Crippen molar-refractivity contribution in [1.82, 2.24) is 10.2 Å². The van der Waals surface area contributed by atoms with Crippen LogP contribution in [0.2, 0.25) is 0 Å². The number of likely N-dealkylation sites (tertiary alicyclic amines) is 1. The molecule has 3 aliphatic rings. The molecular weight excluding hydrogens is 513 g/mol. The zero-order valence-corrected chi connectivity index (χ0v) is 23.5. The first kappa shape index (κ1) is 28.2. The van der Waals surface area contributed by atoms with Crippen LogP contribution in [0.4, 0.5) is 4.39 Å². The lowest BCUT2D eigenvalue weighted by atomic mass is 9.91. The van der Waals surface area contributed by atoms with Crippen LogP contribution in [-0.4, -0.2) is 52.0 Å². The van der Waals surface area contributed by atoms with Gasteiger partial charge >= 0.3 is 5.97 Å². The molecule has 1 saturated carbocycles. The molecule has 1 amide bonds. The fraction of sp³-hybridized carbons (Fsp3) is 0.516. The van der Waals surface area contributed by atoms with Gasteiger partial charge in [0.1, 0.15) is 17.5 Å². The highest BCUT2D eigenvalue weighted by molar-refractivity contribution is 5.95. The number of fused-ring (bicyclic) bond motifs is 3. The summed E-state index contributed by atoms with van der Waals surface area (Å²) in [6.07, 6.45) is 1.30. The van der Waals surface area contributed by atoms with Crippen LogP contribution in [0.15, 0.2) is 36.4 Å². The summed E-state index contributed by atoms with van der Waals surface area (Å²) in [6.45, 7) is 9.15. The van der Waals surface area contributed by atoms with Gasteiger partial charge in [0.25, 0.3) is 0 Å². The second kappa shape index (κ2) is 10.3. The average Bonchev–Trinajstić information content (AvgIpc) is 3.55. The van der Waals surface area contributed by atoms with Crippen molar-refractivity contribution in [2.75, 3.05) is 0 Å². The molecule has 0 aromatic heterocycles. The summed E-state index contributed by atoms with van der Waals surface area (Å²) in [4.78, 5) is 27.2. The van der Waals surface area contributed by atoms with Gasteiger partial charge in [0, 0.05) is 18.0 Å². The maximum absolute atomic E-state index is 15.2. The van der Waals surface area contributed by atoms with Crippen molar-refractivity contribution in [3.8, 4) is 17.2 Å². The van der Waals surface area contributed by atoms with Gasteiger partial charge in [-0.05, 0) is 94.7 Å². The number of esters is 1. The lowest BCUT2D eigenvalue weighted by Gasteiger charge is -2.39. The SMILES string of the molecule is CC(C)(C)OC(O)N1[C@@H]2CC[C@@H](C2)[C@H]1C(=O)N[C@H](C#N)Cc1ccc(-c2ccc3c(c2)C(C)(C)OC3=O)cc1F. The van der Waals surface area contributed by atoms with Gasteiger partial charge in [-0.1, -0.05) is 18.2 Å². The number of carbonyl (C=O) groups is 2. The molecule has 1 unspecified atom stereocenters. The molecule has 2 N–H and O–H groups in total. The second-order valence-electron chi connectivity index (χ2n) is 12.5. The number of ether oxygens (including phenoxy) is 2. The molecule has 212 valence electrons. The summed E-state index contributed by atoms with van der Waals surface area (Å²) in [7, 11) is 0. The number of amides is 1. The molecular formula is C31H36FN3O5. The predicted molar refractivity (Wildman–Crippen MR) is 145 cm³/mol. The number of cyclic esters (lactones) is 1. The Labute approximate surface area is 234 Å². The average molecular weight is 550 g/mol. The van der Waals surface area contributed by atoms with Gasteiger partial charge in [-0.3, -0.25) is 4.79 Å². The zero-order chi connectivity index (χ0) is 29.0. The smallest absolute Gasteiger partial charge is 0.339 e. The molecule has 0 radical (unpaired) electrons. The number of hydrogen-bond donors (Lipinski definition) is 2. The van der Waals surface area contributed by atoms with E-state index in [9.17, 15) is 20.0 Å². The Morgan fingerprint density at radius 2 is 1.95 bits per heavy atom. The van der Waals surface area contributed by atoms with Crippen molar-refractivity contribution >= 4 is 11.9 Å². The standard InChI is InChI=1S/C31H36FN3O5/c1-30(2,3)40-29(38)35-22-10-8-20(13-22)26(35)27(36)34-21(16-33)12-19-7-6-18(15-25(19)32)17-9-11-23-24(14-17)31(4,5)39-28(23)37/h6-7,9,11,14-15,20-22,26,29,38H,8,10,12-13H2,1-5H3,(H,34,36)/t20-,21-,22+,26-,29?/m0/s1. The lowest BCUT2D eigenvalue weighted by Crippen LogP contribution is -2.57. The number of carbonyl (C=O) groups excluding carboxylic acids is 2. The summed E-state index contributed by atoms with van der Waals surface area (Å²) in [5.74, 6) is -1.15. The highest BCUT2D eigenvalue weighted by atomic mass is 19.1. The fourth-order valence-corrected chi connectivity index (χ4v) is 6.30. The third-order valence-corrected chi connectivity index (χ3v) is 8.14. The van der Waals surface area contributed by atoms with E-state index < -0.39 is 35.5 Å². The molecule has 2 aromatic carbocycles. The van der Waals surface area contributed by atoms with E-state index in [1.165, 1.54) is 6.07 Å². The molecule has 2 aromatic rings. The molecule has 9 heteroatoms. The summed E-state index contributed by atoms with van der Waals surface area (Å²) in [5, 5.41) is 23.4. The first-order valence-electron chi connectivity index (χ1n) is 13.8. The summed E-state index contributed by atoms with van der Waals surface area (Å²) >= 11 is 0. The van der Waals surface area contributed by atoms with Gasteiger partial charge in [0.05, 0.1) is 23.3 Å². The lowest BCUT2D eigenvalue weighted by molar-refractivity contribution is -0.254. The van der Waals surface area contributed by atoms with E-state index in [0.29, 0.717) is 16.7 Å². The van der Waals surface area contributed by atoms with Gasteiger partial charge < -0.3 is 19.9 Å². The number of nitrogens with zero attached hydrogens (tertiary/aromatic N) is 2. The first-order valence-corrected chi connectivity index (χ1v) is 13.8. The number of nitriles is 1. The Hall–Kier alpha value is -3.32. The predicted octanol–water partition coefficient (Wildman–Crippen LogP) is 4.39. The topological polar surface area (TPSA) is 112 Å². The van der Waals surface area contributed by atoms with Crippen molar-refractivity contribution in [2.24, 2.45) is 5.92 Å². The van der Waals surface area contributed by atoms with Gasteiger partial charge in [-0.15, -0.1) is 0 Å². The number of rotatable bonds is 7. The van der Waals surface area contributed by atoms with Crippen LogP contribution in [-0.2, 0) is 26.3 Å². The Morgan fingerprint density at radius 1 is 1.25 bits per heavy atom. The van der Waals surface area contributed by atoms with Crippen LogP contribution in [0.1, 0.15) is 75.4 Å². The van der Waals surface area contributed by atoms with E-state index in [1.54, 1.807) is 29.2 Å². The molecule has 2 bridgehead atoms. The second-order valence-corrected chi connectivity index (χ2v) is 12.5. The number of hydrogen-bond acceptors (Lipinski definition) is 7. The summed E-state index contributed by atoms with van der Waals surface area (Å²) in [5.41, 5.74) is 1.57. The Morgan fingerprint density at radius 3 is 2.62 bits per heavy atom. The number of aliphatic hydroxyl groups is 1. The quantitative estimate of drug-likeness (QED) is 0.389. The molecule has 2 aliphatic heterocycles. The minimum absolute atomic E-state index is 0.00419. The minimum Gasteiger partial charge on any atom is -0.451 e. The maximum atomic E-state index is 15.2. The molecule has 1 aliphatic carbocycles. The van der Waals surface area contributed by atoms with Crippen molar-refractivity contribution in [1.29, 1.82) is 5.26 Å². The molecule has 8 nitrogen and oxygen atoms in total. The van der Waals surface area contributed by atoms with Crippen LogP contribution in [0.5, 0.6) is 0 Å². The molecule has 40 heavy (non-hydrogen) atoms. The Balaban J connectivity index is 1.29. The fourth-order valence-electron chi connectivity index (χ4n) is 6.30. The van der Waals surface area contributed by atoms with Crippen molar-refractivity contribution < 1.29 is 28.6 Å². The Kier molecular flexibility index (Phi) is 7.24. The van der Waals surface area contributed by atoms with Crippen LogP contribution in [0.25, 0.3) is 11.1 Å². The normalized spacial score (nSPS) is 24.8. The molecule has 5 rings (SSSR count). The van der Waals surface area contributed by atoms with Gasteiger partial charge in [0.15, 0.2) is 0 Å². The molecule has 2 heterocycles. The number of piperidine rings is 1. The van der Waals surface area contributed by atoms with E-state index in [1.807, 2.05) is 40.7 Å². The largest absolute Gasteiger partial charge is 0.451 e. The zero-order valence-electron chi connectivity index (χ0n) is 23.5. The maximum Gasteiger partial charge on any atom is 0.339 e. The molecule has 2 fully saturated rings. The third kappa shape index (κ3) is 5.36. The van der Waals surface area contributed by atoms with E-state index in [4.69, 9.17) is 9.47 Å². The number of benzene rings is 2. The monoisotopic (exact) mass is 549 g/mol. The van der Waals surface area contributed by atoms with E-state index in [-0.39, 0.29) is 30.3 Å². The number of aliphatic hydroxyl groups excluding tert-OH is 1. The van der Waals surface area contributed by atoms with E-state index in [2.05, 4.69) is 11.4 Å². The third-order valence-electron chi connectivity index (χ3n) is 8.14. The molecule has 1 saturated heterocycles. The van der Waals surface area contributed by atoms with Crippen LogP contribution in [0.3, 0.4) is 0 Å². The van der Waals surface area contributed by atoms with Crippen LogP contribution >= 0.6 is 0 Å². The molecule has 5 atom stereocenters. The minimum atomic E-state index is -1.23. The van der Waals surface area contributed by atoms with Gasteiger partial charge in [0.2, 0.25) is 12.3 Å². The van der Waals surface area contributed by atoms with Crippen molar-refractivity contribution in [2.45, 2.75) is 96.0 Å². The van der Waals surface area contributed by atoms with Gasteiger partial charge in [-0.25, -0.2) is 14.1 Å².